The highest BCUT2D eigenvalue weighted by Crippen LogP contribution is 2.24. The van der Waals surface area contributed by atoms with Crippen molar-refractivity contribution in [3.05, 3.63) is 29.2 Å². The second kappa shape index (κ2) is 7.35. The van der Waals surface area contributed by atoms with Crippen LogP contribution in [0.4, 0.5) is 0 Å². The van der Waals surface area contributed by atoms with Crippen molar-refractivity contribution >= 4 is 5.91 Å². The maximum atomic E-state index is 12.7. The number of amides is 1. The Morgan fingerprint density at radius 1 is 1.36 bits per heavy atom. The minimum atomic E-state index is -0.397. The topological polar surface area (TPSA) is 97.1 Å². The molecule has 1 fully saturated rings. The van der Waals surface area contributed by atoms with Gasteiger partial charge in [0.1, 0.15) is 5.69 Å². The largest absolute Gasteiger partial charge is 0.422 e. The Bertz CT molecular complexity index is 721. The number of nitrogens with one attached hydrogen (secondary N) is 1. The van der Waals surface area contributed by atoms with E-state index in [4.69, 9.17) is 9.15 Å². The van der Waals surface area contributed by atoms with Gasteiger partial charge in [-0.15, -0.1) is 10.2 Å². The van der Waals surface area contributed by atoms with Gasteiger partial charge in [-0.05, 0) is 18.4 Å². The first kappa shape index (κ1) is 17.6. The summed E-state index contributed by atoms with van der Waals surface area (Å²) in [4.78, 5) is 14.4. The van der Waals surface area contributed by atoms with E-state index in [9.17, 15) is 4.79 Å². The predicted molar refractivity (Wildman–Crippen MR) is 90.1 cm³/mol. The number of nitrogens with zero attached hydrogens (tertiary/aromatic N) is 4. The van der Waals surface area contributed by atoms with E-state index >= 15 is 0 Å². The third-order valence-corrected chi connectivity index (χ3v) is 4.06. The van der Waals surface area contributed by atoms with Crippen molar-refractivity contribution in [2.45, 2.75) is 46.1 Å². The molecule has 1 aliphatic rings. The Morgan fingerprint density at radius 2 is 2.16 bits per heavy atom. The summed E-state index contributed by atoms with van der Waals surface area (Å²) in [6, 6.07) is 1.83. The lowest BCUT2D eigenvalue weighted by Crippen LogP contribution is -2.42. The molecule has 25 heavy (non-hydrogen) atoms. The molecule has 3 heterocycles. The van der Waals surface area contributed by atoms with Crippen LogP contribution in [0.2, 0.25) is 0 Å². The molecule has 1 N–H and O–H groups in total. The molecular weight excluding hydrogens is 322 g/mol. The van der Waals surface area contributed by atoms with E-state index in [1.165, 1.54) is 0 Å². The number of carbonyl (C=O) groups excluding carboxylic acids is 1. The lowest BCUT2D eigenvalue weighted by atomic mass is 10.1. The van der Waals surface area contributed by atoms with Crippen molar-refractivity contribution in [1.29, 1.82) is 0 Å². The first-order chi connectivity index (χ1) is 11.9. The first-order valence-electron chi connectivity index (χ1n) is 8.72. The smallest absolute Gasteiger partial charge is 0.274 e. The number of aromatic nitrogens is 4. The molecule has 1 aliphatic heterocycles. The second-order valence-corrected chi connectivity index (χ2v) is 7.12. The molecule has 2 aromatic heterocycles. The average molecular weight is 347 g/mol. The number of hydrogen-bond acceptors (Lipinski definition) is 6. The van der Waals surface area contributed by atoms with Gasteiger partial charge in [0, 0.05) is 18.2 Å². The van der Waals surface area contributed by atoms with Crippen LogP contribution < -0.4 is 0 Å². The van der Waals surface area contributed by atoms with E-state index in [1.54, 1.807) is 4.90 Å². The van der Waals surface area contributed by atoms with Crippen molar-refractivity contribution in [3.63, 3.8) is 0 Å². The zero-order chi connectivity index (χ0) is 18.0. The lowest BCUT2D eigenvalue weighted by molar-refractivity contribution is -0.0352. The molecule has 8 heteroatoms. The number of hydrogen-bond donors (Lipinski definition) is 1. The van der Waals surface area contributed by atoms with Crippen LogP contribution in [0, 0.1) is 5.92 Å². The van der Waals surface area contributed by atoms with Crippen molar-refractivity contribution < 1.29 is 13.9 Å². The number of morpholine rings is 1. The zero-order valence-electron chi connectivity index (χ0n) is 15.2. The number of carbonyl (C=O) groups is 1. The number of H-pyrrole nitrogens is 1. The van der Waals surface area contributed by atoms with Crippen molar-refractivity contribution in [1.82, 2.24) is 25.3 Å². The molecule has 0 aliphatic carbocycles. The summed E-state index contributed by atoms with van der Waals surface area (Å²) in [6.45, 7) is 9.56. The summed E-state index contributed by atoms with van der Waals surface area (Å²) in [5, 5.41) is 15.2. The summed E-state index contributed by atoms with van der Waals surface area (Å²) >= 11 is 0. The van der Waals surface area contributed by atoms with Gasteiger partial charge in [0.15, 0.2) is 6.10 Å². The predicted octanol–water partition coefficient (Wildman–Crippen LogP) is 2.33. The van der Waals surface area contributed by atoms with Gasteiger partial charge >= 0.3 is 0 Å². The Hall–Kier alpha value is -2.22. The van der Waals surface area contributed by atoms with Crippen LogP contribution in [0.5, 0.6) is 0 Å². The molecule has 1 atom stereocenters. The summed E-state index contributed by atoms with van der Waals surface area (Å²) in [6.07, 6.45) is 0.471. The molecule has 1 amide bonds. The van der Waals surface area contributed by atoms with E-state index in [0.29, 0.717) is 43.1 Å². The molecule has 0 radical (unpaired) electrons. The number of rotatable bonds is 5. The summed E-state index contributed by atoms with van der Waals surface area (Å²) in [5.41, 5.74) is 1.41. The van der Waals surface area contributed by atoms with Gasteiger partial charge in [-0.3, -0.25) is 9.89 Å². The standard InChI is InChI=1S/C17H25N5O3/c1-10(2)7-12-8-13(19-18-12)17(23)22-5-6-24-14(9-22)16-21-20-15(25-16)11(3)4/h8,10-11,14H,5-7,9H2,1-4H3,(H,18,19)/t14-/m1/s1. The van der Waals surface area contributed by atoms with Gasteiger partial charge in [0.2, 0.25) is 11.8 Å². The highest BCUT2D eigenvalue weighted by Gasteiger charge is 2.30. The molecule has 0 bridgehead atoms. The van der Waals surface area contributed by atoms with Gasteiger partial charge in [0.05, 0.1) is 13.2 Å². The van der Waals surface area contributed by atoms with Crippen LogP contribution in [-0.2, 0) is 11.2 Å². The van der Waals surface area contributed by atoms with Crippen LogP contribution in [0.3, 0.4) is 0 Å². The Balaban J connectivity index is 1.67. The molecule has 8 nitrogen and oxygen atoms in total. The summed E-state index contributed by atoms with van der Waals surface area (Å²) in [7, 11) is 0. The number of aromatic amines is 1. The Kier molecular flexibility index (Phi) is 5.17. The Morgan fingerprint density at radius 3 is 2.84 bits per heavy atom. The molecule has 1 saturated heterocycles. The lowest BCUT2D eigenvalue weighted by Gasteiger charge is -2.30. The quantitative estimate of drug-likeness (QED) is 0.891. The highest BCUT2D eigenvalue weighted by molar-refractivity contribution is 5.92. The second-order valence-electron chi connectivity index (χ2n) is 7.12. The average Bonchev–Trinajstić information content (AvgIpc) is 3.23. The third-order valence-electron chi connectivity index (χ3n) is 4.06. The van der Waals surface area contributed by atoms with Crippen LogP contribution >= 0.6 is 0 Å². The van der Waals surface area contributed by atoms with Crippen LogP contribution in [0.15, 0.2) is 10.5 Å². The molecule has 136 valence electrons. The molecular formula is C17H25N5O3. The van der Waals surface area contributed by atoms with E-state index < -0.39 is 6.10 Å². The van der Waals surface area contributed by atoms with Crippen molar-refractivity contribution in [2.24, 2.45) is 5.92 Å². The van der Waals surface area contributed by atoms with E-state index in [0.717, 1.165) is 12.1 Å². The molecule has 0 aromatic carbocycles. The highest BCUT2D eigenvalue weighted by atomic mass is 16.5. The minimum Gasteiger partial charge on any atom is -0.422 e. The fourth-order valence-corrected chi connectivity index (χ4v) is 2.77. The number of ether oxygens (including phenoxy) is 1. The van der Waals surface area contributed by atoms with Gasteiger partial charge in [-0.1, -0.05) is 27.7 Å². The van der Waals surface area contributed by atoms with Crippen LogP contribution in [-0.4, -0.2) is 50.9 Å². The third kappa shape index (κ3) is 4.07. The van der Waals surface area contributed by atoms with Gasteiger partial charge < -0.3 is 14.1 Å². The monoisotopic (exact) mass is 347 g/mol. The van der Waals surface area contributed by atoms with Gasteiger partial charge in [-0.25, -0.2) is 0 Å². The minimum absolute atomic E-state index is 0.108. The van der Waals surface area contributed by atoms with Gasteiger partial charge in [0.25, 0.3) is 5.91 Å². The van der Waals surface area contributed by atoms with Gasteiger partial charge in [-0.2, -0.15) is 5.10 Å². The molecule has 0 unspecified atom stereocenters. The first-order valence-corrected chi connectivity index (χ1v) is 8.72. The fourth-order valence-electron chi connectivity index (χ4n) is 2.77. The van der Waals surface area contributed by atoms with Crippen molar-refractivity contribution in [2.75, 3.05) is 19.7 Å². The zero-order valence-corrected chi connectivity index (χ0v) is 15.2. The molecule has 0 spiro atoms. The van der Waals surface area contributed by atoms with Crippen LogP contribution in [0.1, 0.15) is 67.7 Å². The summed E-state index contributed by atoms with van der Waals surface area (Å²) in [5.74, 6) is 1.55. The SMILES string of the molecule is CC(C)Cc1cc(C(=O)N2CCO[C@@H](c3nnc(C(C)C)o3)C2)n[nH]1. The van der Waals surface area contributed by atoms with E-state index in [1.807, 2.05) is 19.9 Å². The maximum absolute atomic E-state index is 12.7. The van der Waals surface area contributed by atoms with Crippen LogP contribution in [0.25, 0.3) is 0 Å². The normalized spacial score (nSPS) is 18.3. The molecule has 3 rings (SSSR count). The summed E-state index contributed by atoms with van der Waals surface area (Å²) < 4.78 is 11.4. The fraction of sp³-hybridized carbons (Fsp3) is 0.647. The maximum Gasteiger partial charge on any atom is 0.274 e. The van der Waals surface area contributed by atoms with E-state index in [2.05, 4.69) is 34.2 Å². The molecule has 0 saturated carbocycles. The Labute approximate surface area is 146 Å². The van der Waals surface area contributed by atoms with E-state index in [-0.39, 0.29) is 11.8 Å². The van der Waals surface area contributed by atoms with Crippen molar-refractivity contribution in [3.8, 4) is 0 Å². The molecule has 2 aromatic rings.